The van der Waals surface area contributed by atoms with E-state index in [4.69, 9.17) is 4.74 Å². The van der Waals surface area contributed by atoms with Crippen molar-refractivity contribution in [1.29, 1.82) is 0 Å². The first kappa shape index (κ1) is 19.9. The highest BCUT2D eigenvalue weighted by Crippen LogP contribution is 2.21. The summed E-state index contributed by atoms with van der Waals surface area (Å²) in [7, 11) is 6.04. The van der Waals surface area contributed by atoms with Gasteiger partial charge in [-0.2, -0.15) is 0 Å². The lowest BCUT2D eigenvalue weighted by atomic mass is 10.00. The van der Waals surface area contributed by atoms with Gasteiger partial charge in [-0.1, -0.05) is 24.3 Å². The highest BCUT2D eigenvalue weighted by molar-refractivity contribution is 5.83. The molecule has 0 aliphatic carbocycles. The fourth-order valence-corrected chi connectivity index (χ4v) is 3.33. The standard InChI is InChI=1S/C20H33N3O2/c1-16-8-5-6-9-18(16)19(22(2)3)20(24)21-12-7-15-25-17-10-13-23(4)14-11-17/h5-6,8-9,17,19H,7,10-15H2,1-4H3,(H,21,24)/t19-/m0/s1. The third-order valence-corrected chi connectivity index (χ3v) is 4.89. The molecule has 1 aromatic rings. The topological polar surface area (TPSA) is 44.8 Å². The fourth-order valence-electron chi connectivity index (χ4n) is 3.33. The van der Waals surface area contributed by atoms with Crippen LogP contribution in [0.3, 0.4) is 0 Å². The van der Waals surface area contributed by atoms with Crippen LogP contribution in [0, 0.1) is 6.92 Å². The molecule has 5 heteroatoms. The van der Waals surface area contributed by atoms with E-state index in [1.165, 1.54) is 0 Å². The zero-order valence-corrected chi connectivity index (χ0v) is 16.1. The summed E-state index contributed by atoms with van der Waals surface area (Å²) in [6.07, 6.45) is 3.46. The number of benzene rings is 1. The van der Waals surface area contributed by atoms with Gasteiger partial charge in [-0.15, -0.1) is 0 Å². The Bertz CT molecular complexity index is 539. The number of rotatable bonds is 8. The molecule has 1 aliphatic heterocycles. The van der Waals surface area contributed by atoms with E-state index in [-0.39, 0.29) is 11.9 Å². The van der Waals surface area contributed by atoms with Gasteiger partial charge in [0.15, 0.2) is 0 Å². The molecule has 0 aromatic heterocycles. The summed E-state index contributed by atoms with van der Waals surface area (Å²) >= 11 is 0. The van der Waals surface area contributed by atoms with Crippen LogP contribution in [0.4, 0.5) is 0 Å². The molecule has 0 unspecified atom stereocenters. The van der Waals surface area contributed by atoms with Crippen molar-refractivity contribution in [2.75, 3.05) is 47.4 Å². The summed E-state index contributed by atoms with van der Waals surface area (Å²) in [5.41, 5.74) is 2.20. The SMILES string of the molecule is Cc1ccccc1[C@@H](C(=O)NCCCOC1CCN(C)CC1)N(C)C. The van der Waals surface area contributed by atoms with Gasteiger partial charge in [0.25, 0.3) is 0 Å². The average molecular weight is 348 g/mol. The number of likely N-dealkylation sites (tertiary alicyclic amines) is 1. The highest BCUT2D eigenvalue weighted by atomic mass is 16.5. The number of nitrogens with one attached hydrogen (secondary N) is 1. The predicted molar refractivity (Wildman–Crippen MR) is 102 cm³/mol. The monoisotopic (exact) mass is 347 g/mol. The molecule has 1 saturated heterocycles. The van der Waals surface area contributed by atoms with E-state index in [1.807, 2.05) is 37.2 Å². The van der Waals surface area contributed by atoms with Crippen molar-refractivity contribution in [3.8, 4) is 0 Å². The van der Waals surface area contributed by atoms with Gasteiger partial charge >= 0.3 is 0 Å². The Morgan fingerprint density at radius 3 is 2.64 bits per heavy atom. The fraction of sp³-hybridized carbons (Fsp3) is 0.650. The highest BCUT2D eigenvalue weighted by Gasteiger charge is 2.23. The lowest BCUT2D eigenvalue weighted by Gasteiger charge is -2.29. The number of piperidine rings is 1. The van der Waals surface area contributed by atoms with Crippen LogP contribution in [0.5, 0.6) is 0 Å². The number of amides is 1. The molecule has 0 radical (unpaired) electrons. The Labute approximate surface area is 152 Å². The molecular formula is C20H33N3O2. The van der Waals surface area contributed by atoms with Gasteiger partial charge in [0.1, 0.15) is 6.04 Å². The van der Waals surface area contributed by atoms with Gasteiger partial charge in [0.2, 0.25) is 5.91 Å². The second-order valence-corrected chi connectivity index (χ2v) is 7.24. The zero-order valence-electron chi connectivity index (χ0n) is 16.1. The van der Waals surface area contributed by atoms with E-state index < -0.39 is 0 Å². The molecule has 2 rings (SSSR count). The molecule has 25 heavy (non-hydrogen) atoms. The number of aryl methyl sites for hydroxylation is 1. The van der Waals surface area contributed by atoms with Crippen LogP contribution in [-0.4, -0.2) is 69.2 Å². The largest absolute Gasteiger partial charge is 0.378 e. The number of hydrogen-bond acceptors (Lipinski definition) is 4. The minimum atomic E-state index is -0.254. The van der Waals surface area contributed by atoms with E-state index in [9.17, 15) is 4.79 Å². The normalized spacial score (nSPS) is 17.6. The molecule has 1 aliphatic rings. The van der Waals surface area contributed by atoms with Crippen molar-refractivity contribution in [2.24, 2.45) is 0 Å². The lowest BCUT2D eigenvalue weighted by Crippen LogP contribution is -2.38. The maximum Gasteiger partial charge on any atom is 0.241 e. The summed E-state index contributed by atoms with van der Waals surface area (Å²) < 4.78 is 5.94. The van der Waals surface area contributed by atoms with Gasteiger partial charge < -0.3 is 15.0 Å². The van der Waals surface area contributed by atoms with Crippen LogP contribution in [-0.2, 0) is 9.53 Å². The summed E-state index contributed by atoms with van der Waals surface area (Å²) in [6.45, 7) is 5.65. The summed E-state index contributed by atoms with van der Waals surface area (Å²) in [5.74, 6) is 0.0543. The lowest BCUT2D eigenvalue weighted by molar-refractivity contribution is -0.125. The Morgan fingerprint density at radius 1 is 1.32 bits per heavy atom. The van der Waals surface area contributed by atoms with Crippen LogP contribution >= 0.6 is 0 Å². The number of carbonyl (C=O) groups excluding carboxylic acids is 1. The maximum absolute atomic E-state index is 12.6. The number of likely N-dealkylation sites (N-methyl/N-ethyl adjacent to an activating group) is 1. The van der Waals surface area contributed by atoms with Crippen LogP contribution in [0.15, 0.2) is 24.3 Å². The first-order chi connectivity index (χ1) is 12.0. The molecular weight excluding hydrogens is 314 g/mol. The van der Waals surface area contributed by atoms with E-state index in [0.717, 1.165) is 43.5 Å². The summed E-state index contributed by atoms with van der Waals surface area (Å²) in [4.78, 5) is 16.9. The van der Waals surface area contributed by atoms with Crippen LogP contribution < -0.4 is 5.32 Å². The Kier molecular flexibility index (Phi) is 7.88. The van der Waals surface area contributed by atoms with Gasteiger partial charge in [-0.05, 0) is 58.5 Å². The molecule has 1 atom stereocenters. The minimum absolute atomic E-state index is 0.0543. The number of nitrogens with zero attached hydrogens (tertiary/aromatic N) is 2. The minimum Gasteiger partial charge on any atom is -0.378 e. The van der Waals surface area contributed by atoms with Crippen LogP contribution in [0.2, 0.25) is 0 Å². The molecule has 0 bridgehead atoms. The number of ether oxygens (including phenoxy) is 1. The van der Waals surface area contributed by atoms with E-state index in [1.54, 1.807) is 0 Å². The first-order valence-corrected chi connectivity index (χ1v) is 9.29. The van der Waals surface area contributed by atoms with Gasteiger partial charge in [0, 0.05) is 26.2 Å². The third kappa shape index (κ3) is 6.10. The van der Waals surface area contributed by atoms with E-state index in [2.05, 4.69) is 30.3 Å². The Morgan fingerprint density at radius 2 is 2.00 bits per heavy atom. The predicted octanol–water partition coefficient (Wildman–Crippen LogP) is 2.21. The van der Waals surface area contributed by atoms with Gasteiger partial charge in [0.05, 0.1) is 6.10 Å². The van der Waals surface area contributed by atoms with Gasteiger partial charge in [-0.3, -0.25) is 9.69 Å². The summed E-state index contributed by atoms with van der Waals surface area (Å²) in [5, 5.41) is 3.07. The Balaban J connectivity index is 1.73. The molecule has 1 heterocycles. The molecule has 1 amide bonds. The number of carbonyl (C=O) groups is 1. The molecule has 140 valence electrons. The van der Waals surface area contributed by atoms with Crippen LogP contribution in [0.1, 0.15) is 36.4 Å². The van der Waals surface area contributed by atoms with Crippen molar-refractivity contribution in [3.05, 3.63) is 35.4 Å². The van der Waals surface area contributed by atoms with Crippen molar-refractivity contribution in [3.63, 3.8) is 0 Å². The van der Waals surface area contributed by atoms with E-state index in [0.29, 0.717) is 19.3 Å². The van der Waals surface area contributed by atoms with Crippen LogP contribution in [0.25, 0.3) is 0 Å². The smallest absolute Gasteiger partial charge is 0.241 e. The Hall–Kier alpha value is -1.43. The first-order valence-electron chi connectivity index (χ1n) is 9.29. The summed E-state index contributed by atoms with van der Waals surface area (Å²) in [6, 6.07) is 7.82. The average Bonchev–Trinajstić information content (AvgIpc) is 2.58. The van der Waals surface area contributed by atoms with Crippen molar-refractivity contribution in [2.45, 2.75) is 38.3 Å². The molecule has 5 nitrogen and oxygen atoms in total. The third-order valence-electron chi connectivity index (χ3n) is 4.89. The quantitative estimate of drug-likeness (QED) is 0.733. The molecule has 0 saturated carbocycles. The number of hydrogen-bond donors (Lipinski definition) is 1. The van der Waals surface area contributed by atoms with E-state index >= 15 is 0 Å². The van der Waals surface area contributed by atoms with Crippen molar-refractivity contribution >= 4 is 5.91 Å². The molecule has 1 N–H and O–H groups in total. The maximum atomic E-state index is 12.6. The molecule has 0 spiro atoms. The molecule has 1 aromatic carbocycles. The van der Waals surface area contributed by atoms with Crippen molar-refractivity contribution in [1.82, 2.24) is 15.1 Å². The zero-order chi connectivity index (χ0) is 18.2. The second kappa shape index (κ2) is 9.90. The second-order valence-electron chi connectivity index (χ2n) is 7.24. The van der Waals surface area contributed by atoms with Crippen molar-refractivity contribution < 1.29 is 9.53 Å². The van der Waals surface area contributed by atoms with Gasteiger partial charge in [-0.25, -0.2) is 0 Å². The molecule has 1 fully saturated rings.